The Morgan fingerprint density at radius 2 is 2.00 bits per heavy atom. The molecule has 0 aromatic carbocycles. The monoisotopic (exact) mass is 213 g/mol. The van der Waals surface area contributed by atoms with Crippen molar-refractivity contribution >= 4 is 0 Å². The smallest absolute Gasteiger partial charge is 0.220 e. The zero-order valence-corrected chi connectivity index (χ0v) is 8.34. The van der Waals surface area contributed by atoms with Crippen molar-refractivity contribution < 1.29 is 8.78 Å². The molecule has 0 amide bonds. The standard InChI is InChI=1S/C10H13F2N3/c11-9-2-1-8(10(12)14-9)7-15-5-3-13-4-6-15/h1-2,13H,3-7H2. The lowest BCUT2D eigenvalue weighted by Gasteiger charge is -2.27. The molecule has 0 unspecified atom stereocenters. The highest BCUT2D eigenvalue weighted by Gasteiger charge is 2.13. The number of hydrogen-bond donors (Lipinski definition) is 1. The fourth-order valence-corrected chi connectivity index (χ4v) is 1.67. The molecule has 1 aromatic rings. The summed E-state index contributed by atoms with van der Waals surface area (Å²) in [5, 5.41) is 3.21. The molecule has 1 aliphatic heterocycles. The van der Waals surface area contributed by atoms with Crippen LogP contribution in [0.1, 0.15) is 5.56 Å². The molecule has 0 atom stereocenters. The maximum Gasteiger partial charge on any atom is 0.220 e. The van der Waals surface area contributed by atoms with Crippen LogP contribution in [0.2, 0.25) is 0 Å². The van der Waals surface area contributed by atoms with Gasteiger partial charge in [-0.05, 0) is 12.1 Å². The second-order valence-electron chi connectivity index (χ2n) is 3.61. The second kappa shape index (κ2) is 4.63. The van der Waals surface area contributed by atoms with E-state index in [-0.39, 0.29) is 0 Å². The maximum atomic E-state index is 13.2. The molecule has 0 aliphatic carbocycles. The summed E-state index contributed by atoms with van der Waals surface area (Å²) in [4.78, 5) is 5.28. The van der Waals surface area contributed by atoms with E-state index in [1.165, 1.54) is 12.1 Å². The fraction of sp³-hybridized carbons (Fsp3) is 0.500. The van der Waals surface area contributed by atoms with Gasteiger partial charge in [-0.1, -0.05) is 0 Å². The van der Waals surface area contributed by atoms with Gasteiger partial charge in [0.1, 0.15) is 0 Å². The van der Waals surface area contributed by atoms with Crippen LogP contribution >= 0.6 is 0 Å². The Kier molecular flexibility index (Phi) is 3.23. The molecule has 1 N–H and O–H groups in total. The molecule has 0 radical (unpaired) electrons. The number of piperazine rings is 1. The van der Waals surface area contributed by atoms with Gasteiger partial charge in [0.25, 0.3) is 0 Å². The van der Waals surface area contributed by atoms with Gasteiger partial charge in [0.05, 0.1) is 0 Å². The average Bonchev–Trinajstić information content (AvgIpc) is 2.24. The first-order valence-corrected chi connectivity index (χ1v) is 5.00. The van der Waals surface area contributed by atoms with Crippen molar-refractivity contribution in [1.29, 1.82) is 0 Å². The Hall–Kier alpha value is -1.07. The summed E-state index contributed by atoms with van der Waals surface area (Å²) in [6.45, 7) is 4.10. The summed E-state index contributed by atoms with van der Waals surface area (Å²) in [7, 11) is 0. The minimum absolute atomic E-state index is 0.457. The molecule has 1 aliphatic rings. The van der Waals surface area contributed by atoms with Crippen molar-refractivity contribution in [1.82, 2.24) is 15.2 Å². The van der Waals surface area contributed by atoms with Crippen LogP contribution in [0, 0.1) is 11.9 Å². The molecular formula is C10H13F2N3. The number of halogens is 2. The van der Waals surface area contributed by atoms with Crippen molar-refractivity contribution in [2.75, 3.05) is 26.2 Å². The van der Waals surface area contributed by atoms with Gasteiger partial charge in [-0.15, -0.1) is 0 Å². The predicted octanol–water partition coefficient (Wildman–Crippen LogP) is 0.765. The molecule has 2 rings (SSSR count). The van der Waals surface area contributed by atoms with Crippen LogP contribution in [0.15, 0.2) is 12.1 Å². The highest BCUT2D eigenvalue weighted by atomic mass is 19.1. The van der Waals surface area contributed by atoms with E-state index in [0.717, 1.165) is 26.2 Å². The molecule has 15 heavy (non-hydrogen) atoms. The van der Waals surface area contributed by atoms with Crippen LogP contribution in [0.4, 0.5) is 8.78 Å². The van der Waals surface area contributed by atoms with Gasteiger partial charge in [-0.25, -0.2) is 0 Å². The first-order chi connectivity index (χ1) is 7.25. The summed E-state index contributed by atoms with van der Waals surface area (Å²) >= 11 is 0. The van der Waals surface area contributed by atoms with Crippen LogP contribution in [0.25, 0.3) is 0 Å². The Labute approximate surface area is 87.1 Å². The first-order valence-electron chi connectivity index (χ1n) is 5.00. The van der Waals surface area contributed by atoms with Gasteiger partial charge in [0.2, 0.25) is 11.9 Å². The topological polar surface area (TPSA) is 28.2 Å². The minimum atomic E-state index is -0.767. The lowest BCUT2D eigenvalue weighted by atomic mass is 10.2. The van der Waals surface area contributed by atoms with Gasteiger partial charge in [-0.3, -0.25) is 4.90 Å². The lowest BCUT2D eigenvalue weighted by Crippen LogP contribution is -2.43. The number of aromatic nitrogens is 1. The van der Waals surface area contributed by atoms with Gasteiger partial charge < -0.3 is 5.32 Å². The number of nitrogens with one attached hydrogen (secondary N) is 1. The molecule has 1 saturated heterocycles. The Bertz CT molecular complexity index is 337. The van der Waals surface area contributed by atoms with Crippen molar-refractivity contribution in [2.24, 2.45) is 0 Å². The zero-order chi connectivity index (χ0) is 10.7. The minimum Gasteiger partial charge on any atom is -0.314 e. The fourth-order valence-electron chi connectivity index (χ4n) is 1.67. The van der Waals surface area contributed by atoms with Crippen LogP contribution in [-0.2, 0) is 6.54 Å². The third-order valence-electron chi connectivity index (χ3n) is 2.50. The predicted molar refractivity (Wildman–Crippen MR) is 52.3 cm³/mol. The number of nitrogens with zero attached hydrogens (tertiary/aromatic N) is 2. The van der Waals surface area contributed by atoms with Crippen molar-refractivity contribution in [3.63, 3.8) is 0 Å². The average molecular weight is 213 g/mol. The van der Waals surface area contributed by atoms with E-state index in [0.29, 0.717) is 12.1 Å². The molecule has 5 heteroatoms. The van der Waals surface area contributed by atoms with Crippen molar-refractivity contribution in [3.8, 4) is 0 Å². The quantitative estimate of drug-likeness (QED) is 0.735. The van der Waals surface area contributed by atoms with Crippen LogP contribution in [0.3, 0.4) is 0 Å². The summed E-state index contributed by atoms with van der Waals surface area (Å²) in [5.74, 6) is -1.47. The highest BCUT2D eigenvalue weighted by molar-refractivity contribution is 5.11. The van der Waals surface area contributed by atoms with E-state index in [2.05, 4.69) is 15.2 Å². The van der Waals surface area contributed by atoms with Crippen molar-refractivity contribution in [3.05, 3.63) is 29.6 Å². The second-order valence-corrected chi connectivity index (χ2v) is 3.61. The van der Waals surface area contributed by atoms with E-state index in [1.807, 2.05) is 0 Å². The Balaban J connectivity index is 2.03. The SMILES string of the molecule is Fc1ccc(CN2CCNCC2)c(F)n1. The molecule has 1 aromatic heterocycles. The molecule has 0 bridgehead atoms. The molecule has 2 heterocycles. The van der Waals surface area contributed by atoms with Gasteiger partial charge in [0, 0.05) is 38.3 Å². The van der Waals surface area contributed by atoms with Gasteiger partial charge in [-0.2, -0.15) is 13.8 Å². The van der Waals surface area contributed by atoms with E-state index < -0.39 is 11.9 Å². The Morgan fingerprint density at radius 1 is 1.27 bits per heavy atom. The largest absolute Gasteiger partial charge is 0.314 e. The highest BCUT2D eigenvalue weighted by Crippen LogP contribution is 2.09. The number of rotatable bonds is 2. The van der Waals surface area contributed by atoms with Crippen LogP contribution in [-0.4, -0.2) is 36.1 Å². The molecule has 3 nitrogen and oxygen atoms in total. The summed E-state index contributed by atoms with van der Waals surface area (Å²) in [6.07, 6.45) is 0. The van der Waals surface area contributed by atoms with Crippen LogP contribution in [0.5, 0.6) is 0 Å². The Morgan fingerprint density at radius 3 is 2.67 bits per heavy atom. The summed E-state index contributed by atoms with van der Waals surface area (Å²) < 4.78 is 25.8. The van der Waals surface area contributed by atoms with E-state index in [9.17, 15) is 8.78 Å². The van der Waals surface area contributed by atoms with E-state index in [4.69, 9.17) is 0 Å². The van der Waals surface area contributed by atoms with E-state index >= 15 is 0 Å². The lowest BCUT2D eigenvalue weighted by molar-refractivity contribution is 0.229. The van der Waals surface area contributed by atoms with Gasteiger partial charge in [0.15, 0.2) is 0 Å². The first kappa shape index (κ1) is 10.4. The van der Waals surface area contributed by atoms with Crippen LogP contribution < -0.4 is 5.32 Å². The third kappa shape index (κ3) is 2.70. The summed E-state index contributed by atoms with van der Waals surface area (Å²) in [5.41, 5.74) is 0.457. The molecule has 0 spiro atoms. The van der Waals surface area contributed by atoms with Crippen molar-refractivity contribution in [2.45, 2.75) is 6.54 Å². The number of hydrogen-bond acceptors (Lipinski definition) is 3. The number of pyridine rings is 1. The zero-order valence-electron chi connectivity index (χ0n) is 8.34. The molecule has 82 valence electrons. The van der Waals surface area contributed by atoms with E-state index in [1.54, 1.807) is 0 Å². The maximum absolute atomic E-state index is 13.2. The molecule has 0 saturated carbocycles. The summed E-state index contributed by atoms with van der Waals surface area (Å²) in [6, 6.07) is 2.65. The van der Waals surface area contributed by atoms with Gasteiger partial charge >= 0.3 is 0 Å². The molecular weight excluding hydrogens is 200 g/mol. The normalized spacial score (nSPS) is 18.0. The third-order valence-corrected chi connectivity index (χ3v) is 2.50. The molecule has 1 fully saturated rings.